The molecule has 0 aliphatic carbocycles. The molecule has 0 aliphatic heterocycles. The van der Waals surface area contributed by atoms with E-state index in [2.05, 4.69) is 18.7 Å². The second kappa shape index (κ2) is 12.5. The summed E-state index contributed by atoms with van der Waals surface area (Å²) in [4.78, 5) is 22.3. The molecular formula is C26H35N3O4S2. The van der Waals surface area contributed by atoms with Gasteiger partial charge in [-0.05, 0) is 57.6 Å². The van der Waals surface area contributed by atoms with Gasteiger partial charge >= 0.3 is 0 Å². The van der Waals surface area contributed by atoms with E-state index in [0.717, 1.165) is 28.9 Å². The van der Waals surface area contributed by atoms with E-state index < -0.39 is 9.84 Å². The Hall–Kier alpha value is -2.49. The Morgan fingerprint density at radius 2 is 1.74 bits per heavy atom. The third-order valence-electron chi connectivity index (χ3n) is 5.92. The van der Waals surface area contributed by atoms with E-state index in [0.29, 0.717) is 35.5 Å². The van der Waals surface area contributed by atoms with Gasteiger partial charge in [0.25, 0.3) is 0 Å². The van der Waals surface area contributed by atoms with E-state index in [9.17, 15) is 13.2 Å². The summed E-state index contributed by atoms with van der Waals surface area (Å²) in [5.74, 6) is 0.515. The number of benzene rings is 2. The zero-order valence-corrected chi connectivity index (χ0v) is 22.6. The molecule has 1 heterocycles. The first-order valence-electron chi connectivity index (χ1n) is 12.1. The summed E-state index contributed by atoms with van der Waals surface area (Å²) < 4.78 is 32.1. The predicted octanol–water partition coefficient (Wildman–Crippen LogP) is 4.93. The first kappa shape index (κ1) is 27.1. The van der Waals surface area contributed by atoms with Crippen LogP contribution < -0.4 is 9.64 Å². The number of hydrogen-bond acceptors (Lipinski definition) is 7. The van der Waals surface area contributed by atoms with E-state index in [1.54, 1.807) is 29.2 Å². The molecule has 0 radical (unpaired) electrons. The molecule has 35 heavy (non-hydrogen) atoms. The zero-order valence-electron chi connectivity index (χ0n) is 21.0. The average molecular weight is 518 g/mol. The van der Waals surface area contributed by atoms with E-state index >= 15 is 0 Å². The highest BCUT2D eigenvalue weighted by atomic mass is 32.2. The number of hydrogen-bond donors (Lipinski definition) is 0. The molecule has 0 saturated carbocycles. The molecule has 190 valence electrons. The summed E-state index contributed by atoms with van der Waals surface area (Å²) in [6.07, 6.45) is 0.392. The van der Waals surface area contributed by atoms with Crippen molar-refractivity contribution in [2.24, 2.45) is 0 Å². The highest BCUT2D eigenvalue weighted by Gasteiger charge is 2.23. The monoisotopic (exact) mass is 517 g/mol. The minimum atomic E-state index is -3.44. The Morgan fingerprint density at radius 1 is 1.03 bits per heavy atom. The molecule has 3 rings (SSSR count). The summed E-state index contributed by atoms with van der Waals surface area (Å²) >= 11 is 1.46. The largest absolute Gasteiger partial charge is 0.492 e. The number of carbonyl (C=O) groups excluding carboxylic acids is 1. The van der Waals surface area contributed by atoms with Crippen molar-refractivity contribution in [2.75, 3.05) is 43.4 Å². The van der Waals surface area contributed by atoms with Crippen LogP contribution in [-0.4, -0.2) is 62.7 Å². The van der Waals surface area contributed by atoms with Gasteiger partial charge in [-0.1, -0.05) is 48.9 Å². The topological polar surface area (TPSA) is 79.8 Å². The molecule has 0 bridgehead atoms. The molecule has 0 N–H and O–H groups in total. The molecule has 0 spiro atoms. The van der Waals surface area contributed by atoms with Crippen molar-refractivity contribution in [3.8, 4) is 5.75 Å². The minimum absolute atomic E-state index is 0.0694. The molecule has 0 unspecified atom stereocenters. The highest BCUT2D eigenvalue weighted by molar-refractivity contribution is 7.91. The van der Waals surface area contributed by atoms with E-state index in [-0.39, 0.29) is 24.5 Å². The number of nitrogens with zero attached hydrogens (tertiary/aromatic N) is 3. The number of aromatic nitrogens is 1. The maximum absolute atomic E-state index is 13.3. The lowest BCUT2D eigenvalue weighted by Crippen LogP contribution is -2.38. The number of ether oxygens (including phenoxy) is 1. The van der Waals surface area contributed by atoms with Crippen LogP contribution in [0.25, 0.3) is 10.2 Å². The number of carbonyl (C=O) groups is 1. The molecule has 2 aromatic carbocycles. The van der Waals surface area contributed by atoms with E-state index in [4.69, 9.17) is 9.72 Å². The van der Waals surface area contributed by atoms with Crippen molar-refractivity contribution in [3.63, 3.8) is 0 Å². The van der Waals surface area contributed by atoms with Gasteiger partial charge in [0.05, 0.1) is 22.0 Å². The number of thiazole rings is 1. The van der Waals surface area contributed by atoms with Crippen LogP contribution in [0.2, 0.25) is 0 Å². The van der Waals surface area contributed by atoms with E-state index in [1.165, 1.54) is 11.3 Å². The first-order valence-corrected chi connectivity index (χ1v) is 14.6. The summed E-state index contributed by atoms with van der Waals surface area (Å²) in [5, 5.41) is 0.616. The average Bonchev–Trinajstić information content (AvgIpc) is 3.27. The van der Waals surface area contributed by atoms with Crippen LogP contribution in [0.3, 0.4) is 0 Å². The van der Waals surface area contributed by atoms with Crippen LogP contribution in [0.5, 0.6) is 5.75 Å². The van der Waals surface area contributed by atoms with Crippen LogP contribution in [0, 0.1) is 6.92 Å². The quantitative estimate of drug-likeness (QED) is 0.320. The molecule has 0 fully saturated rings. The first-order chi connectivity index (χ1) is 16.8. The number of rotatable bonds is 13. The predicted molar refractivity (Wildman–Crippen MR) is 143 cm³/mol. The SMILES string of the molecule is CCOc1cccc2sc(N(CCN(CC)CC)C(=O)CCCS(=O)(=O)c3ccc(C)cc3)nc12. The normalized spacial score (nSPS) is 11.8. The van der Waals surface area contributed by atoms with Gasteiger partial charge in [0.15, 0.2) is 15.0 Å². The van der Waals surface area contributed by atoms with Crippen molar-refractivity contribution < 1.29 is 17.9 Å². The fraction of sp³-hybridized carbons (Fsp3) is 0.462. The fourth-order valence-corrected chi connectivity index (χ4v) is 6.16. The smallest absolute Gasteiger partial charge is 0.228 e. The summed E-state index contributed by atoms with van der Waals surface area (Å²) in [5.41, 5.74) is 1.75. The second-order valence-electron chi connectivity index (χ2n) is 8.34. The minimum Gasteiger partial charge on any atom is -0.492 e. The molecule has 1 aromatic heterocycles. The zero-order chi connectivity index (χ0) is 25.4. The van der Waals surface area contributed by atoms with Gasteiger partial charge in [0.2, 0.25) is 5.91 Å². The number of likely N-dealkylation sites (N-methyl/N-ethyl adjacent to an activating group) is 1. The third-order valence-corrected chi connectivity index (χ3v) is 8.78. The number of aryl methyl sites for hydroxylation is 1. The van der Waals surface area contributed by atoms with Gasteiger partial charge in [-0.2, -0.15) is 0 Å². The van der Waals surface area contributed by atoms with Crippen LogP contribution in [0.15, 0.2) is 47.4 Å². The Morgan fingerprint density at radius 3 is 2.40 bits per heavy atom. The standard InChI is InChI=1S/C26H35N3O4S2/c1-5-28(6-2)17-18-29(26-27-25-22(33-7-3)10-8-11-23(25)34-26)24(30)12-9-19-35(31,32)21-15-13-20(4)14-16-21/h8,10-11,13-16H,5-7,9,12,17-19H2,1-4H3. The lowest BCUT2D eigenvalue weighted by molar-refractivity contribution is -0.118. The fourth-order valence-electron chi connectivity index (χ4n) is 3.82. The number of anilines is 1. The van der Waals surface area contributed by atoms with Gasteiger partial charge in [0.1, 0.15) is 11.3 Å². The lowest BCUT2D eigenvalue weighted by Gasteiger charge is -2.24. The summed E-state index contributed by atoms with van der Waals surface area (Å²) in [6.45, 7) is 11.6. The van der Waals surface area contributed by atoms with Crippen molar-refractivity contribution in [3.05, 3.63) is 48.0 Å². The molecule has 7 nitrogen and oxygen atoms in total. The second-order valence-corrected chi connectivity index (χ2v) is 11.5. The lowest BCUT2D eigenvalue weighted by atomic mass is 10.2. The van der Waals surface area contributed by atoms with Crippen LogP contribution in [0.4, 0.5) is 5.13 Å². The Kier molecular flexibility index (Phi) is 9.65. The molecule has 1 amide bonds. The number of sulfone groups is 1. The molecule has 3 aromatic rings. The highest BCUT2D eigenvalue weighted by Crippen LogP contribution is 2.34. The Labute approximate surface area is 212 Å². The summed E-state index contributed by atoms with van der Waals surface area (Å²) in [6, 6.07) is 12.6. The maximum Gasteiger partial charge on any atom is 0.228 e. The Bertz CT molecular complexity index is 1220. The number of para-hydroxylation sites is 1. The molecular weight excluding hydrogens is 482 g/mol. The van der Waals surface area contributed by atoms with Crippen molar-refractivity contribution in [2.45, 2.75) is 45.4 Å². The molecule has 0 saturated heterocycles. The van der Waals surface area contributed by atoms with Crippen molar-refractivity contribution >= 4 is 42.4 Å². The molecule has 0 atom stereocenters. The van der Waals surface area contributed by atoms with Gasteiger partial charge in [-0.3, -0.25) is 9.69 Å². The van der Waals surface area contributed by atoms with Crippen molar-refractivity contribution in [1.82, 2.24) is 9.88 Å². The van der Waals surface area contributed by atoms with Crippen LogP contribution in [0.1, 0.15) is 39.2 Å². The third kappa shape index (κ3) is 7.02. The van der Waals surface area contributed by atoms with E-state index in [1.807, 2.05) is 32.0 Å². The van der Waals surface area contributed by atoms with Crippen molar-refractivity contribution in [1.29, 1.82) is 0 Å². The van der Waals surface area contributed by atoms with Crippen LogP contribution >= 0.6 is 11.3 Å². The van der Waals surface area contributed by atoms with Gasteiger partial charge in [0, 0.05) is 19.5 Å². The maximum atomic E-state index is 13.3. The number of amides is 1. The van der Waals surface area contributed by atoms with Gasteiger partial charge in [-0.25, -0.2) is 13.4 Å². The van der Waals surface area contributed by atoms with Crippen LogP contribution in [-0.2, 0) is 14.6 Å². The van der Waals surface area contributed by atoms with Gasteiger partial charge < -0.3 is 9.64 Å². The van der Waals surface area contributed by atoms with Gasteiger partial charge in [-0.15, -0.1) is 0 Å². The number of fused-ring (bicyclic) bond motifs is 1. The molecule has 9 heteroatoms. The molecule has 0 aliphatic rings. The Balaban J connectivity index is 1.77. The summed E-state index contributed by atoms with van der Waals surface area (Å²) in [7, 11) is -3.44.